The second-order valence-corrected chi connectivity index (χ2v) is 7.71. The van der Waals surface area contributed by atoms with Crippen LogP contribution in [-0.4, -0.2) is 59.8 Å². The Hall–Kier alpha value is -1.84. The summed E-state index contributed by atoms with van der Waals surface area (Å²) in [7, 11) is 0. The molecule has 1 saturated heterocycles. The third kappa shape index (κ3) is 6.58. The molecule has 8 heteroatoms. The molecule has 2 heterocycles. The molecular weight excluding hydrogens is 493 g/mol. The lowest BCUT2D eigenvalue weighted by Gasteiger charge is -2.19. The number of halogens is 1. The monoisotopic (exact) mass is 527 g/mol. The van der Waals surface area contributed by atoms with Crippen LogP contribution in [-0.2, 0) is 22.7 Å². The third-order valence-electron chi connectivity index (χ3n) is 5.54. The van der Waals surface area contributed by atoms with E-state index in [0.29, 0.717) is 19.4 Å². The Labute approximate surface area is 196 Å². The van der Waals surface area contributed by atoms with Crippen molar-refractivity contribution in [3.05, 3.63) is 35.4 Å². The SMILES string of the molecule is CCNC(=NCCCC(=O)N1Cc2ccccc2C1)NC1CCN(C(=O)CC)C1.I. The van der Waals surface area contributed by atoms with E-state index in [2.05, 4.69) is 27.8 Å². The van der Waals surface area contributed by atoms with Gasteiger partial charge in [-0.1, -0.05) is 31.2 Å². The number of nitrogens with one attached hydrogen (secondary N) is 2. The first-order chi connectivity index (χ1) is 14.1. The summed E-state index contributed by atoms with van der Waals surface area (Å²) in [6.07, 6.45) is 2.73. The minimum absolute atomic E-state index is 0. The maximum atomic E-state index is 12.5. The van der Waals surface area contributed by atoms with Crippen molar-refractivity contribution in [1.29, 1.82) is 0 Å². The van der Waals surface area contributed by atoms with Crippen molar-refractivity contribution < 1.29 is 9.59 Å². The number of amides is 2. The van der Waals surface area contributed by atoms with Crippen LogP contribution in [0.25, 0.3) is 0 Å². The topological polar surface area (TPSA) is 77.0 Å². The summed E-state index contributed by atoms with van der Waals surface area (Å²) in [6.45, 7) is 8.28. The first-order valence-electron chi connectivity index (χ1n) is 10.8. The number of guanidine groups is 1. The van der Waals surface area contributed by atoms with Crippen LogP contribution in [0.15, 0.2) is 29.3 Å². The normalized spacial score (nSPS) is 18.1. The van der Waals surface area contributed by atoms with E-state index in [9.17, 15) is 9.59 Å². The molecule has 0 spiro atoms. The maximum absolute atomic E-state index is 12.5. The summed E-state index contributed by atoms with van der Waals surface area (Å²) in [5, 5.41) is 6.69. The average molecular weight is 527 g/mol. The molecule has 166 valence electrons. The number of fused-ring (bicyclic) bond motifs is 1. The zero-order valence-electron chi connectivity index (χ0n) is 18.0. The van der Waals surface area contributed by atoms with Gasteiger partial charge in [0.1, 0.15) is 0 Å². The van der Waals surface area contributed by atoms with Gasteiger partial charge in [0.15, 0.2) is 5.96 Å². The molecule has 0 saturated carbocycles. The molecule has 0 aromatic heterocycles. The zero-order valence-corrected chi connectivity index (χ0v) is 20.4. The van der Waals surface area contributed by atoms with Crippen LogP contribution < -0.4 is 10.6 Å². The van der Waals surface area contributed by atoms with Crippen molar-refractivity contribution in [2.75, 3.05) is 26.2 Å². The van der Waals surface area contributed by atoms with Crippen LogP contribution in [0.5, 0.6) is 0 Å². The van der Waals surface area contributed by atoms with E-state index in [1.54, 1.807) is 0 Å². The van der Waals surface area contributed by atoms with E-state index in [1.807, 2.05) is 35.8 Å². The number of benzene rings is 1. The van der Waals surface area contributed by atoms with Crippen LogP contribution >= 0.6 is 24.0 Å². The number of likely N-dealkylation sites (tertiary alicyclic amines) is 1. The second-order valence-electron chi connectivity index (χ2n) is 7.71. The van der Waals surface area contributed by atoms with Crippen LogP contribution in [0.3, 0.4) is 0 Å². The third-order valence-corrected chi connectivity index (χ3v) is 5.54. The van der Waals surface area contributed by atoms with Crippen molar-refractivity contribution in [3.63, 3.8) is 0 Å². The van der Waals surface area contributed by atoms with E-state index < -0.39 is 0 Å². The molecule has 0 bridgehead atoms. The van der Waals surface area contributed by atoms with Crippen molar-refractivity contribution in [1.82, 2.24) is 20.4 Å². The largest absolute Gasteiger partial charge is 0.357 e. The quantitative estimate of drug-likeness (QED) is 0.247. The van der Waals surface area contributed by atoms with Gasteiger partial charge in [-0.05, 0) is 30.9 Å². The molecule has 7 nitrogen and oxygen atoms in total. The Balaban J connectivity index is 0.00000320. The van der Waals surface area contributed by atoms with Crippen LogP contribution in [0.2, 0.25) is 0 Å². The highest BCUT2D eigenvalue weighted by Crippen LogP contribution is 2.22. The van der Waals surface area contributed by atoms with Crippen LogP contribution in [0.4, 0.5) is 0 Å². The maximum Gasteiger partial charge on any atom is 0.223 e. The summed E-state index contributed by atoms with van der Waals surface area (Å²) in [5.41, 5.74) is 2.51. The summed E-state index contributed by atoms with van der Waals surface area (Å²) >= 11 is 0. The molecule has 3 rings (SSSR count). The molecule has 1 aromatic carbocycles. The number of hydrogen-bond acceptors (Lipinski definition) is 3. The first kappa shape index (κ1) is 24.4. The molecule has 2 aliphatic heterocycles. The highest BCUT2D eigenvalue weighted by molar-refractivity contribution is 14.0. The lowest BCUT2D eigenvalue weighted by molar-refractivity contribution is -0.132. The number of hydrogen-bond donors (Lipinski definition) is 2. The van der Waals surface area contributed by atoms with Gasteiger partial charge in [-0.15, -0.1) is 24.0 Å². The molecule has 0 radical (unpaired) electrons. The Morgan fingerprint density at radius 2 is 1.80 bits per heavy atom. The van der Waals surface area contributed by atoms with Crippen LogP contribution in [0.1, 0.15) is 50.7 Å². The molecular formula is C22H34IN5O2. The summed E-state index contributed by atoms with van der Waals surface area (Å²) in [5.74, 6) is 1.17. The number of nitrogens with zero attached hydrogens (tertiary/aromatic N) is 3. The van der Waals surface area contributed by atoms with E-state index in [-0.39, 0.29) is 41.8 Å². The Bertz CT molecular complexity index is 730. The van der Waals surface area contributed by atoms with Gasteiger partial charge in [-0.3, -0.25) is 14.6 Å². The number of carbonyl (C=O) groups excluding carboxylic acids is 2. The second kappa shape index (κ2) is 12.1. The highest BCUT2D eigenvalue weighted by atomic mass is 127. The van der Waals surface area contributed by atoms with E-state index >= 15 is 0 Å². The minimum atomic E-state index is 0. The molecule has 2 N–H and O–H groups in total. The fraction of sp³-hybridized carbons (Fsp3) is 0.591. The lowest BCUT2D eigenvalue weighted by Crippen LogP contribution is -2.45. The van der Waals surface area contributed by atoms with E-state index in [0.717, 1.165) is 51.5 Å². The lowest BCUT2D eigenvalue weighted by atomic mass is 10.1. The van der Waals surface area contributed by atoms with Gasteiger partial charge >= 0.3 is 0 Å². The molecule has 30 heavy (non-hydrogen) atoms. The van der Waals surface area contributed by atoms with Gasteiger partial charge in [0, 0.05) is 58.2 Å². The van der Waals surface area contributed by atoms with Gasteiger partial charge in [0.25, 0.3) is 0 Å². The number of rotatable bonds is 7. The van der Waals surface area contributed by atoms with Gasteiger partial charge in [0.2, 0.25) is 11.8 Å². The summed E-state index contributed by atoms with van der Waals surface area (Å²) in [6, 6.07) is 8.48. The standard InChI is InChI=1S/C22H33N5O2.HI/c1-3-20(28)26-13-11-19(16-26)25-22(23-4-2)24-12-7-10-21(29)27-14-17-8-5-6-9-18(17)15-27;/h5-6,8-9,19H,3-4,7,10-16H2,1-2H3,(H2,23,24,25);1H. The average Bonchev–Trinajstić information content (AvgIpc) is 3.37. The predicted octanol–water partition coefficient (Wildman–Crippen LogP) is 2.49. The van der Waals surface area contributed by atoms with Gasteiger partial charge in [0.05, 0.1) is 0 Å². The molecule has 2 amide bonds. The Morgan fingerprint density at radius 3 is 2.43 bits per heavy atom. The fourth-order valence-electron chi connectivity index (χ4n) is 3.93. The minimum Gasteiger partial charge on any atom is -0.357 e. The highest BCUT2D eigenvalue weighted by Gasteiger charge is 2.26. The smallest absolute Gasteiger partial charge is 0.223 e. The molecule has 1 fully saturated rings. The summed E-state index contributed by atoms with van der Waals surface area (Å²) in [4.78, 5) is 32.8. The van der Waals surface area contributed by atoms with Crippen LogP contribution in [0, 0.1) is 0 Å². The van der Waals surface area contributed by atoms with Crippen molar-refractivity contribution in [3.8, 4) is 0 Å². The van der Waals surface area contributed by atoms with Gasteiger partial charge in [-0.25, -0.2) is 0 Å². The first-order valence-corrected chi connectivity index (χ1v) is 10.8. The van der Waals surface area contributed by atoms with Crippen molar-refractivity contribution in [2.45, 2.75) is 58.7 Å². The number of carbonyl (C=O) groups is 2. The van der Waals surface area contributed by atoms with E-state index in [4.69, 9.17) is 0 Å². The molecule has 1 aromatic rings. The van der Waals surface area contributed by atoms with Crippen molar-refractivity contribution >= 4 is 41.8 Å². The summed E-state index contributed by atoms with van der Waals surface area (Å²) < 4.78 is 0. The molecule has 1 unspecified atom stereocenters. The number of aliphatic imine (C=N–C) groups is 1. The predicted molar refractivity (Wildman–Crippen MR) is 130 cm³/mol. The fourth-order valence-corrected chi connectivity index (χ4v) is 3.93. The Morgan fingerprint density at radius 1 is 1.10 bits per heavy atom. The van der Waals surface area contributed by atoms with E-state index in [1.165, 1.54) is 11.1 Å². The molecule has 1 atom stereocenters. The molecule has 2 aliphatic rings. The Kier molecular flexibility index (Phi) is 9.87. The van der Waals surface area contributed by atoms with Gasteiger partial charge < -0.3 is 20.4 Å². The molecule has 0 aliphatic carbocycles. The van der Waals surface area contributed by atoms with Gasteiger partial charge in [-0.2, -0.15) is 0 Å². The van der Waals surface area contributed by atoms with Crippen molar-refractivity contribution in [2.24, 2.45) is 4.99 Å². The zero-order chi connectivity index (χ0) is 20.6.